The Bertz CT molecular complexity index is 755. The first-order valence-corrected chi connectivity index (χ1v) is 11.2. The molecule has 0 spiro atoms. The molecule has 2 fully saturated rings. The first-order chi connectivity index (χ1) is 12.4. The number of nitrogens with zero attached hydrogens (tertiary/aromatic N) is 2. The number of anilines is 1. The van der Waals surface area contributed by atoms with Crippen molar-refractivity contribution in [2.24, 2.45) is 0 Å². The summed E-state index contributed by atoms with van der Waals surface area (Å²) in [6, 6.07) is 6.20. The van der Waals surface area contributed by atoms with E-state index in [4.69, 9.17) is 0 Å². The third kappa shape index (κ3) is 4.04. The quantitative estimate of drug-likeness (QED) is 0.874. The van der Waals surface area contributed by atoms with Crippen LogP contribution < -0.4 is 5.32 Å². The number of carbonyl (C=O) groups is 1. The van der Waals surface area contributed by atoms with E-state index in [0.29, 0.717) is 32.5 Å². The number of nitrogens with one attached hydrogen (secondary N) is 1. The molecular weight excluding hydrogens is 350 g/mol. The molecule has 2 saturated heterocycles. The van der Waals surface area contributed by atoms with E-state index in [1.807, 2.05) is 0 Å². The van der Waals surface area contributed by atoms with Gasteiger partial charge in [-0.3, -0.25) is 0 Å². The molecule has 0 aromatic heterocycles. The van der Waals surface area contributed by atoms with Crippen LogP contribution in [0.15, 0.2) is 18.2 Å². The highest BCUT2D eigenvalue weighted by Gasteiger charge is 2.36. The number of hydrogen-bond acceptors (Lipinski definition) is 3. The molecule has 0 radical (unpaired) electrons. The first-order valence-electron chi connectivity index (χ1n) is 9.62. The van der Waals surface area contributed by atoms with Gasteiger partial charge in [-0.05, 0) is 49.3 Å². The number of aryl methyl sites for hydroxylation is 2. The summed E-state index contributed by atoms with van der Waals surface area (Å²) in [5, 5.41) is 3.06. The highest BCUT2D eigenvalue weighted by molar-refractivity contribution is 7.89. The van der Waals surface area contributed by atoms with Gasteiger partial charge in [0.05, 0.1) is 5.75 Å². The summed E-state index contributed by atoms with van der Waals surface area (Å²) in [6.45, 7) is 6.00. The van der Waals surface area contributed by atoms with Gasteiger partial charge in [0.1, 0.15) is 0 Å². The maximum Gasteiger partial charge on any atom is 0.321 e. The Kier molecular flexibility index (Phi) is 5.87. The van der Waals surface area contributed by atoms with Gasteiger partial charge in [-0.25, -0.2) is 13.2 Å². The molecule has 3 rings (SSSR count). The molecule has 144 valence electrons. The van der Waals surface area contributed by atoms with Gasteiger partial charge in [-0.2, -0.15) is 4.31 Å². The van der Waals surface area contributed by atoms with E-state index in [0.717, 1.165) is 30.5 Å². The number of urea groups is 1. The lowest BCUT2D eigenvalue weighted by Gasteiger charge is -2.35. The van der Waals surface area contributed by atoms with E-state index in [9.17, 15) is 13.2 Å². The van der Waals surface area contributed by atoms with Crippen LogP contribution in [0.1, 0.15) is 44.2 Å². The predicted octanol–water partition coefficient (Wildman–Crippen LogP) is 2.84. The zero-order valence-corrected chi connectivity index (χ0v) is 16.5. The summed E-state index contributed by atoms with van der Waals surface area (Å²) < 4.78 is 25.8. The first kappa shape index (κ1) is 19.2. The Morgan fingerprint density at radius 2 is 1.88 bits per heavy atom. The normalized spacial score (nSPS) is 21.1. The average Bonchev–Trinajstić information content (AvgIpc) is 3.00. The molecule has 0 aliphatic carbocycles. The second-order valence-corrected chi connectivity index (χ2v) is 9.17. The van der Waals surface area contributed by atoms with Gasteiger partial charge in [0, 0.05) is 31.4 Å². The van der Waals surface area contributed by atoms with Gasteiger partial charge < -0.3 is 10.2 Å². The van der Waals surface area contributed by atoms with Gasteiger partial charge in [0.15, 0.2) is 0 Å². The Balaban J connectivity index is 1.61. The van der Waals surface area contributed by atoms with Crippen molar-refractivity contribution in [1.29, 1.82) is 0 Å². The molecule has 2 heterocycles. The summed E-state index contributed by atoms with van der Waals surface area (Å²) in [6.07, 6.45) is 3.94. The van der Waals surface area contributed by atoms with E-state index in [1.54, 1.807) is 9.21 Å². The van der Waals surface area contributed by atoms with Crippen molar-refractivity contribution < 1.29 is 13.2 Å². The molecular formula is C19H29N3O3S. The molecule has 0 bridgehead atoms. The number of sulfonamides is 1. The highest BCUT2D eigenvalue weighted by atomic mass is 32.2. The molecule has 2 aliphatic rings. The molecule has 7 heteroatoms. The molecule has 2 amide bonds. The minimum Gasteiger partial charge on any atom is -0.324 e. The third-order valence-corrected chi connectivity index (χ3v) is 7.50. The van der Waals surface area contributed by atoms with Gasteiger partial charge in [0.2, 0.25) is 10.0 Å². The summed E-state index contributed by atoms with van der Waals surface area (Å²) in [5.41, 5.74) is 3.23. The number of amides is 2. The highest BCUT2D eigenvalue weighted by Crippen LogP contribution is 2.25. The van der Waals surface area contributed by atoms with Crippen LogP contribution in [0.4, 0.5) is 10.5 Å². The topological polar surface area (TPSA) is 69.7 Å². The van der Waals surface area contributed by atoms with Gasteiger partial charge >= 0.3 is 6.03 Å². The predicted molar refractivity (Wildman–Crippen MR) is 104 cm³/mol. The third-order valence-electron chi connectivity index (χ3n) is 5.50. The number of likely N-dealkylation sites (tertiary alicyclic amines) is 1. The molecule has 0 atom stereocenters. The maximum absolute atomic E-state index is 12.7. The maximum atomic E-state index is 12.7. The minimum atomic E-state index is -3.08. The lowest BCUT2D eigenvalue weighted by Crippen LogP contribution is -2.48. The van der Waals surface area contributed by atoms with E-state index in [1.165, 1.54) is 5.56 Å². The van der Waals surface area contributed by atoms with E-state index >= 15 is 0 Å². The van der Waals surface area contributed by atoms with E-state index < -0.39 is 10.0 Å². The van der Waals surface area contributed by atoms with Crippen LogP contribution >= 0.6 is 0 Å². The van der Waals surface area contributed by atoms with Crippen LogP contribution in [0.2, 0.25) is 0 Å². The molecule has 6 nitrogen and oxygen atoms in total. The number of benzene rings is 1. The fraction of sp³-hybridized carbons (Fsp3) is 0.632. The SMILES string of the molecule is CCc1ccc(CC)c(NC(=O)N2CCC(N3CCCS3(=O)=O)CC2)c1. The lowest BCUT2D eigenvalue weighted by molar-refractivity contribution is 0.170. The molecule has 1 N–H and O–H groups in total. The van der Waals surface area contributed by atoms with Gasteiger partial charge in [-0.1, -0.05) is 26.0 Å². The fourth-order valence-electron chi connectivity index (χ4n) is 3.89. The van der Waals surface area contributed by atoms with Crippen molar-refractivity contribution in [3.05, 3.63) is 29.3 Å². The Labute approximate surface area is 156 Å². The van der Waals surface area contributed by atoms with Crippen LogP contribution in [0.25, 0.3) is 0 Å². The van der Waals surface area contributed by atoms with Gasteiger partial charge in [0.25, 0.3) is 0 Å². The number of piperidine rings is 1. The lowest BCUT2D eigenvalue weighted by atomic mass is 10.0. The van der Waals surface area contributed by atoms with Crippen LogP contribution in [0.5, 0.6) is 0 Å². The molecule has 1 aromatic carbocycles. The standard InChI is InChI=1S/C19H29N3O3S/c1-3-15-6-7-16(4-2)18(14-15)20-19(23)21-11-8-17(9-12-21)22-10-5-13-26(22,24)25/h6-7,14,17H,3-5,8-13H2,1-2H3,(H,20,23). The second kappa shape index (κ2) is 7.96. The number of hydrogen-bond donors (Lipinski definition) is 1. The smallest absolute Gasteiger partial charge is 0.321 e. The number of rotatable bonds is 4. The van der Waals surface area contributed by atoms with E-state index in [-0.39, 0.29) is 17.8 Å². The van der Waals surface area contributed by atoms with Crippen LogP contribution in [0.3, 0.4) is 0 Å². The second-order valence-electron chi connectivity index (χ2n) is 7.13. The van der Waals surface area contributed by atoms with Crippen molar-refractivity contribution in [1.82, 2.24) is 9.21 Å². The molecule has 26 heavy (non-hydrogen) atoms. The van der Waals surface area contributed by atoms with Crippen molar-refractivity contribution >= 4 is 21.7 Å². The number of carbonyl (C=O) groups excluding carboxylic acids is 1. The zero-order chi connectivity index (χ0) is 18.7. The largest absolute Gasteiger partial charge is 0.324 e. The summed E-state index contributed by atoms with van der Waals surface area (Å²) >= 11 is 0. The zero-order valence-electron chi connectivity index (χ0n) is 15.7. The Hall–Kier alpha value is -1.60. The summed E-state index contributed by atoms with van der Waals surface area (Å²) in [4.78, 5) is 14.5. The molecule has 0 unspecified atom stereocenters. The fourth-order valence-corrected chi connectivity index (χ4v) is 5.69. The van der Waals surface area contributed by atoms with Crippen molar-refractivity contribution in [3.63, 3.8) is 0 Å². The average molecular weight is 380 g/mol. The van der Waals surface area contributed by atoms with Crippen molar-refractivity contribution in [3.8, 4) is 0 Å². The molecule has 0 saturated carbocycles. The van der Waals surface area contributed by atoms with Crippen LogP contribution in [-0.4, -0.2) is 55.1 Å². The molecule has 2 aliphatic heterocycles. The van der Waals surface area contributed by atoms with Crippen LogP contribution in [0, 0.1) is 0 Å². The summed E-state index contributed by atoms with van der Waals surface area (Å²) in [7, 11) is -3.08. The Morgan fingerprint density at radius 3 is 2.46 bits per heavy atom. The molecule has 1 aromatic rings. The van der Waals surface area contributed by atoms with E-state index in [2.05, 4.69) is 37.4 Å². The van der Waals surface area contributed by atoms with Crippen LogP contribution in [-0.2, 0) is 22.9 Å². The Morgan fingerprint density at radius 1 is 1.15 bits per heavy atom. The van der Waals surface area contributed by atoms with Crippen molar-refractivity contribution in [2.45, 2.75) is 52.0 Å². The van der Waals surface area contributed by atoms with Crippen molar-refractivity contribution in [2.75, 3.05) is 30.7 Å². The monoisotopic (exact) mass is 379 g/mol. The minimum absolute atomic E-state index is 0.0428. The van der Waals surface area contributed by atoms with Gasteiger partial charge in [-0.15, -0.1) is 0 Å². The summed E-state index contributed by atoms with van der Waals surface area (Å²) in [5.74, 6) is 0.265.